The predicted octanol–water partition coefficient (Wildman–Crippen LogP) is 3.75. The van der Waals surface area contributed by atoms with Crippen molar-refractivity contribution in [1.82, 2.24) is 4.57 Å². The first-order chi connectivity index (χ1) is 12.5. The molecule has 0 N–H and O–H groups in total. The van der Waals surface area contributed by atoms with E-state index in [0.29, 0.717) is 24.6 Å². The lowest BCUT2D eigenvalue weighted by atomic mass is 10.3. The molecule has 3 rings (SSSR count). The zero-order valence-corrected chi connectivity index (χ0v) is 17.0. The minimum absolute atomic E-state index is 0.193. The average Bonchev–Trinajstić information content (AvgIpc) is 2.98. The summed E-state index contributed by atoms with van der Waals surface area (Å²) >= 11 is 3.04. The van der Waals surface area contributed by atoms with Crippen molar-refractivity contribution in [2.45, 2.75) is 23.3 Å². The van der Waals surface area contributed by atoms with E-state index in [2.05, 4.69) is 10.5 Å². The van der Waals surface area contributed by atoms with E-state index >= 15 is 0 Å². The lowest BCUT2D eigenvalue weighted by Gasteiger charge is -2.06. The summed E-state index contributed by atoms with van der Waals surface area (Å²) < 4.78 is 37.9. The van der Waals surface area contributed by atoms with Crippen molar-refractivity contribution in [1.29, 1.82) is 0 Å². The van der Waals surface area contributed by atoms with Gasteiger partial charge in [-0.05, 0) is 43.5 Å². The van der Waals surface area contributed by atoms with E-state index in [1.165, 1.54) is 11.3 Å². The lowest BCUT2D eigenvalue weighted by Crippen LogP contribution is -2.19. The van der Waals surface area contributed by atoms with Gasteiger partial charge in [0.2, 0.25) is 4.80 Å². The second-order valence-corrected chi connectivity index (χ2v) is 8.94. The third-order valence-corrected chi connectivity index (χ3v) is 6.96. The normalized spacial score (nSPS) is 12.8. The van der Waals surface area contributed by atoms with Crippen LogP contribution in [0, 0.1) is 0 Å². The Morgan fingerprint density at radius 3 is 2.65 bits per heavy atom. The van der Waals surface area contributed by atoms with Crippen LogP contribution >= 0.6 is 23.1 Å². The molecule has 0 fully saturated rings. The molecule has 1 heterocycles. The van der Waals surface area contributed by atoms with E-state index in [-0.39, 0.29) is 4.90 Å². The standard InChI is InChI=1S/C18H20N2O3S3/c1-3-23-12-11-20-16-10-9-14(24-2)13-17(16)25-18(20)19-26(21,22)15-7-5-4-6-8-15/h4-10,13H,3,11-12H2,1-2H3. The van der Waals surface area contributed by atoms with Gasteiger partial charge in [0.05, 0.1) is 21.7 Å². The zero-order chi connectivity index (χ0) is 18.6. The zero-order valence-electron chi connectivity index (χ0n) is 14.6. The number of nitrogens with zero attached hydrogens (tertiary/aromatic N) is 2. The summed E-state index contributed by atoms with van der Waals surface area (Å²) in [5.41, 5.74) is 0.967. The molecule has 2 aromatic carbocycles. The number of hydrogen-bond donors (Lipinski definition) is 0. The van der Waals surface area contributed by atoms with Crippen LogP contribution < -0.4 is 4.80 Å². The van der Waals surface area contributed by atoms with Crippen molar-refractivity contribution in [3.63, 3.8) is 0 Å². The molecule has 0 bridgehead atoms. The number of thioether (sulfide) groups is 1. The molecule has 0 saturated carbocycles. The van der Waals surface area contributed by atoms with Gasteiger partial charge in [0.1, 0.15) is 0 Å². The van der Waals surface area contributed by atoms with E-state index in [9.17, 15) is 8.42 Å². The summed E-state index contributed by atoms with van der Waals surface area (Å²) in [6.07, 6.45) is 2.02. The Morgan fingerprint density at radius 2 is 1.96 bits per heavy atom. The molecule has 0 atom stereocenters. The Bertz CT molecular complexity index is 1050. The Hall–Kier alpha value is -1.61. The summed E-state index contributed by atoms with van der Waals surface area (Å²) in [4.78, 5) is 1.79. The second-order valence-electron chi connectivity index (χ2n) is 5.45. The molecular formula is C18H20N2O3S3. The van der Waals surface area contributed by atoms with E-state index in [4.69, 9.17) is 4.74 Å². The third kappa shape index (κ3) is 4.20. The molecule has 0 spiro atoms. The monoisotopic (exact) mass is 408 g/mol. The van der Waals surface area contributed by atoms with Gasteiger partial charge in [0, 0.05) is 18.0 Å². The summed E-state index contributed by atoms with van der Waals surface area (Å²) in [7, 11) is -3.76. The van der Waals surface area contributed by atoms with Crippen LogP contribution in [0.1, 0.15) is 6.92 Å². The second kappa shape index (κ2) is 8.39. The van der Waals surface area contributed by atoms with Gasteiger partial charge in [-0.1, -0.05) is 29.5 Å². The molecule has 0 aliphatic heterocycles. The highest BCUT2D eigenvalue weighted by Gasteiger charge is 2.14. The quantitative estimate of drug-likeness (QED) is 0.441. The highest BCUT2D eigenvalue weighted by molar-refractivity contribution is 7.98. The highest BCUT2D eigenvalue weighted by atomic mass is 32.2. The smallest absolute Gasteiger partial charge is 0.285 e. The molecule has 1 aromatic heterocycles. The number of aromatic nitrogens is 1. The number of ether oxygens (including phenoxy) is 1. The summed E-state index contributed by atoms with van der Waals surface area (Å²) in [5.74, 6) is 0. The molecule has 0 aliphatic carbocycles. The first-order valence-electron chi connectivity index (χ1n) is 8.16. The first kappa shape index (κ1) is 19.2. The Kier molecular flexibility index (Phi) is 6.18. The maximum absolute atomic E-state index is 12.7. The van der Waals surface area contributed by atoms with E-state index < -0.39 is 10.0 Å². The Balaban J connectivity index is 2.15. The average molecular weight is 409 g/mol. The van der Waals surface area contributed by atoms with Gasteiger partial charge >= 0.3 is 0 Å². The van der Waals surface area contributed by atoms with Crippen LogP contribution in [0.2, 0.25) is 0 Å². The van der Waals surface area contributed by atoms with E-state index in [1.54, 1.807) is 42.1 Å². The van der Waals surface area contributed by atoms with E-state index in [0.717, 1.165) is 15.1 Å². The highest BCUT2D eigenvalue weighted by Crippen LogP contribution is 2.24. The third-order valence-electron chi connectivity index (χ3n) is 3.79. The van der Waals surface area contributed by atoms with Crippen molar-refractivity contribution in [2.75, 3.05) is 19.5 Å². The maximum atomic E-state index is 12.7. The van der Waals surface area contributed by atoms with Crippen molar-refractivity contribution in [3.8, 4) is 0 Å². The molecule has 3 aromatic rings. The Morgan fingerprint density at radius 1 is 1.19 bits per heavy atom. The van der Waals surface area contributed by atoms with Crippen molar-refractivity contribution >= 4 is 43.3 Å². The Labute approximate surface area is 161 Å². The van der Waals surface area contributed by atoms with Gasteiger partial charge in [-0.3, -0.25) is 0 Å². The van der Waals surface area contributed by atoms with Crippen molar-refractivity contribution < 1.29 is 13.2 Å². The fraction of sp³-hybridized carbons (Fsp3) is 0.278. The van der Waals surface area contributed by atoms with Gasteiger partial charge < -0.3 is 9.30 Å². The molecule has 8 heteroatoms. The van der Waals surface area contributed by atoms with Crippen LogP contribution in [0.3, 0.4) is 0 Å². The van der Waals surface area contributed by atoms with Gasteiger partial charge in [0.15, 0.2) is 0 Å². The minimum Gasteiger partial charge on any atom is -0.380 e. The SMILES string of the molecule is CCOCCn1c(=NS(=O)(=O)c2ccccc2)sc2cc(SC)ccc21. The minimum atomic E-state index is -3.76. The van der Waals surface area contributed by atoms with Crippen molar-refractivity contribution in [2.24, 2.45) is 4.40 Å². The molecule has 138 valence electrons. The number of benzene rings is 2. The molecule has 0 radical (unpaired) electrons. The van der Waals surface area contributed by atoms with Crippen LogP contribution in [0.5, 0.6) is 0 Å². The maximum Gasteiger partial charge on any atom is 0.285 e. The summed E-state index contributed by atoms with van der Waals surface area (Å²) in [6, 6.07) is 14.4. The summed E-state index contributed by atoms with van der Waals surface area (Å²) in [5, 5.41) is 0. The molecule has 5 nitrogen and oxygen atoms in total. The van der Waals surface area contributed by atoms with Crippen LogP contribution in [-0.2, 0) is 21.3 Å². The molecule has 0 amide bonds. The lowest BCUT2D eigenvalue weighted by molar-refractivity contribution is 0.139. The van der Waals surface area contributed by atoms with Crippen molar-refractivity contribution in [3.05, 3.63) is 53.3 Å². The number of rotatable bonds is 7. The number of hydrogen-bond acceptors (Lipinski definition) is 5. The molecule has 26 heavy (non-hydrogen) atoms. The number of sulfonamides is 1. The van der Waals surface area contributed by atoms with Gasteiger partial charge in [-0.15, -0.1) is 16.2 Å². The molecule has 0 unspecified atom stereocenters. The fourth-order valence-corrected chi connectivity index (χ4v) is 5.35. The largest absolute Gasteiger partial charge is 0.380 e. The van der Waals surface area contributed by atoms with Gasteiger partial charge in [0.25, 0.3) is 10.0 Å². The van der Waals surface area contributed by atoms with Crippen LogP contribution in [0.15, 0.2) is 62.7 Å². The topological polar surface area (TPSA) is 60.7 Å². The predicted molar refractivity (Wildman–Crippen MR) is 107 cm³/mol. The van der Waals surface area contributed by atoms with Crippen LogP contribution in [0.25, 0.3) is 10.2 Å². The molecule has 0 saturated heterocycles. The van der Waals surface area contributed by atoms with Gasteiger partial charge in [-0.2, -0.15) is 8.42 Å². The first-order valence-corrected chi connectivity index (χ1v) is 11.6. The fourth-order valence-electron chi connectivity index (χ4n) is 2.51. The van der Waals surface area contributed by atoms with Crippen LogP contribution in [-0.4, -0.2) is 32.5 Å². The number of thiazole rings is 1. The van der Waals surface area contributed by atoms with E-state index in [1.807, 2.05) is 29.9 Å². The molecule has 0 aliphatic rings. The summed E-state index contributed by atoms with van der Waals surface area (Å²) in [6.45, 7) is 3.61. The molecular weight excluding hydrogens is 388 g/mol. The number of fused-ring (bicyclic) bond motifs is 1. The van der Waals surface area contributed by atoms with Gasteiger partial charge in [-0.25, -0.2) is 0 Å². The van der Waals surface area contributed by atoms with Crippen LogP contribution in [0.4, 0.5) is 0 Å².